The summed E-state index contributed by atoms with van der Waals surface area (Å²) in [7, 11) is 0. The Morgan fingerprint density at radius 3 is 2.88 bits per heavy atom. The Morgan fingerprint density at radius 1 is 1.29 bits per heavy atom. The fraction of sp³-hybridized carbons (Fsp3) is 0. The van der Waals surface area contributed by atoms with Gasteiger partial charge in [-0.25, -0.2) is 9.37 Å². The van der Waals surface area contributed by atoms with E-state index < -0.39 is 5.82 Å². The molecule has 0 saturated carbocycles. The number of benzene rings is 1. The van der Waals surface area contributed by atoms with E-state index in [1.807, 2.05) is 6.07 Å². The van der Waals surface area contributed by atoms with E-state index in [4.69, 9.17) is 16.9 Å². The highest BCUT2D eigenvalue weighted by molar-refractivity contribution is 6.30. The van der Waals surface area contributed by atoms with Crippen LogP contribution in [0.4, 0.5) is 15.9 Å². The molecule has 0 bridgehead atoms. The Labute approximate surface area is 102 Å². The van der Waals surface area contributed by atoms with Gasteiger partial charge < -0.3 is 5.32 Å². The summed E-state index contributed by atoms with van der Waals surface area (Å²) in [6, 6.07) is 9.25. The fourth-order valence-electron chi connectivity index (χ4n) is 1.30. The van der Waals surface area contributed by atoms with Crippen LogP contribution in [0, 0.1) is 17.1 Å². The van der Waals surface area contributed by atoms with Crippen LogP contribution in [0.25, 0.3) is 0 Å². The first-order valence-electron chi connectivity index (χ1n) is 4.77. The van der Waals surface area contributed by atoms with Crippen LogP contribution in [0.15, 0.2) is 36.5 Å². The van der Waals surface area contributed by atoms with Crippen LogP contribution in [0.5, 0.6) is 0 Å². The van der Waals surface area contributed by atoms with Crippen molar-refractivity contribution in [2.45, 2.75) is 0 Å². The number of rotatable bonds is 2. The smallest absolute Gasteiger partial charge is 0.146 e. The molecule has 5 heteroatoms. The molecule has 17 heavy (non-hydrogen) atoms. The van der Waals surface area contributed by atoms with Gasteiger partial charge in [0.15, 0.2) is 0 Å². The lowest BCUT2D eigenvalue weighted by Gasteiger charge is -2.07. The Kier molecular flexibility index (Phi) is 3.22. The standard InChI is InChI=1S/C12H7ClFN3/c13-9-1-2-10(14)11(6-9)17-12-5-8(7-15)3-4-16-12/h1-6H,(H,16,17). The van der Waals surface area contributed by atoms with Crippen molar-refractivity contribution in [3.05, 3.63) is 52.9 Å². The van der Waals surface area contributed by atoms with Gasteiger partial charge in [-0.05, 0) is 30.3 Å². The molecule has 2 aromatic rings. The number of pyridine rings is 1. The van der Waals surface area contributed by atoms with Gasteiger partial charge in [-0.2, -0.15) is 5.26 Å². The van der Waals surface area contributed by atoms with Gasteiger partial charge in [-0.3, -0.25) is 0 Å². The Balaban J connectivity index is 2.31. The number of hydrogen-bond acceptors (Lipinski definition) is 3. The van der Waals surface area contributed by atoms with E-state index in [0.717, 1.165) is 0 Å². The number of aromatic nitrogens is 1. The molecule has 1 N–H and O–H groups in total. The monoisotopic (exact) mass is 247 g/mol. The normalized spacial score (nSPS) is 9.71. The molecular formula is C12H7ClFN3. The Hall–Kier alpha value is -2.12. The van der Waals surface area contributed by atoms with E-state index >= 15 is 0 Å². The second-order valence-electron chi connectivity index (χ2n) is 3.29. The predicted octanol–water partition coefficient (Wildman–Crippen LogP) is 3.49. The molecule has 1 aromatic carbocycles. The molecule has 0 aliphatic carbocycles. The Bertz CT molecular complexity index is 593. The minimum atomic E-state index is -0.432. The lowest BCUT2D eigenvalue weighted by atomic mass is 10.2. The number of halogens is 2. The zero-order valence-electron chi connectivity index (χ0n) is 8.61. The number of anilines is 2. The first-order chi connectivity index (χ1) is 8.19. The lowest BCUT2D eigenvalue weighted by molar-refractivity contribution is 0.632. The zero-order valence-corrected chi connectivity index (χ0v) is 9.37. The molecule has 0 atom stereocenters. The van der Waals surface area contributed by atoms with Gasteiger partial charge in [-0.1, -0.05) is 11.6 Å². The van der Waals surface area contributed by atoms with Crippen molar-refractivity contribution in [3.8, 4) is 6.07 Å². The van der Waals surface area contributed by atoms with Crippen LogP contribution in [0.2, 0.25) is 5.02 Å². The number of nitrogens with zero attached hydrogens (tertiary/aromatic N) is 2. The summed E-state index contributed by atoms with van der Waals surface area (Å²) in [5.74, 6) is -0.0382. The van der Waals surface area contributed by atoms with E-state index in [0.29, 0.717) is 16.4 Å². The molecule has 0 aliphatic heterocycles. The van der Waals surface area contributed by atoms with Gasteiger partial charge in [0.2, 0.25) is 0 Å². The second kappa shape index (κ2) is 4.81. The maximum atomic E-state index is 13.4. The van der Waals surface area contributed by atoms with Crippen molar-refractivity contribution in [3.63, 3.8) is 0 Å². The highest BCUT2D eigenvalue weighted by Gasteiger charge is 2.04. The fourth-order valence-corrected chi connectivity index (χ4v) is 1.47. The van der Waals surface area contributed by atoms with Crippen LogP contribution in [0.1, 0.15) is 5.56 Å². The molecule has 0 saturated heterocycles. The summed E-state index contributed by atoms with van der Waals surface area (Å²) in [5.41, 5.74) is 0.671. The summed E-state index contributed by atoms with van der Waals surface area (Å²) in [6.45, 7) is 0. The molecule has 2 rings (SSSR count). The summed E-state index contributed by atoms with van der Waals surface area (Å²) in [4.78, 5) is 3.98. The van der Waals surface area contributed by atoms with Crippen LogP contribution in [-0.4, -0.2) is 4.98 Å². The van der Waals surface area contributed by atoms with E-state index in [9.17, 15) is 4.39 Å². The minimum Gasteiger partial charge on any atom is -0.338 e. The molecule has 84 valence electrons. The quantitative estimate of drug-likeness (QED) is 0.884. The molecule has 1 heterocycles. The van der Waals surface area contributed by atoms with E-state index in [1.165, 1.54) is 30.5 Å². The highest BCUT2D eigenvalue weighted by atomic mass is 35.5. The van der Waals surface area contributed by atoms with E-state index in [2.05, 4.69) is 10.3 Å². The van der Waals surface area contributed by atoms with Gasteiger partial charge >= 0.3 is 0 Å². The summed E-state index contributed by atoms with van der Waals surface area (Å²) in [6.07, 6.45) is 1.48. The predicted molar refractivity (Wildman–Crippen MR) is 63.6 cm³/mol. The molecule has 3 nitrogen and oxygen atoms in total. The summed E-state index contributed by atoms with van der Waals surface area (Å²) >= 11 is 5.76. The van der Waals surface area contributed by atoms with E-state index in [-0.39, 0.29) is 5.69 Å². The number of nitrogens with one attached hydrogen (secondary N) is 1. The maximum Gasteiger partial charge on any atom is 0.146 e. The Morgan fingerprint density at radius 2 is 2.12 bits per heavy atom. The number of nitriles is 1. The number of hydrogen-bond donors (Lipinski definition) is 1. The van der Waals surface area contributed by atoms with Gasteiger partial charge in [0.25, 0.3) is 0 Å². The molecule has 1 aromatic heterocycles. The summed E-state index contributed by atoms with van der Waals surface area (Å²) < 4.78 is 13.4. The van der Waals surface area contributed by atoms with Crippen LogP contribution in [0.3, 0.4) is 0 Å². The molecule has 0 amide bonds. The molecule has 0 radical (unpaired) electrons. The average Bonchev–Trinajstić information content (AvgIpc) is 2.34. The van der Waals surface area contributed by atoms with Crippen LogP contribution in [-0.2, 0) is 0 Å². The van der Waals surface area contributed by atoms with Gasteiger partial charge in [0.05, 0.1) is 17.3 Å². The summed E-state index contributed by atoms with van der Waals surface area (Å²) in [5, 5.41) is 11.9. The van der Waals surface area contributed by atoms with Crippen molar-refractivity contribution in [1.29, 1.82) is 5.26 Å². The third kappa shape index (κ3) is 2.71. The maximum absolute atomic E-state index is 13.4. The third-order valence-corrected chi connectivity index (χ3v) is 2.32. The van der Waals surface area contributed by atoms with Crippen molar-refractivity contribution in [2.24, 2.45) is 0 Å². The molecule has 0 fully saturated rings. The third-order valence-electron chi connectivity index (χ3n) is 2.08. The van der Waals surface area contributed by atoms with Gasteiger partial charge in [0, 0.05) is 11.2 Å². The topological polar surface area (TPSA) is 48.7 Å². The van der Waals surface area contributed by atoms with Crippen molar-refractivity contribution < 1.29 is 4.39 Å². The molecular weight excluding hydrogens is 241 g/mol. The second-order valence-corrected chi connectivity index (χ2v) is 3.73. The lowest BCUT2D eigenvalue weighted by Crippen LogP contribution is -1.96. The molecule has 0 aliphatic rings. The first kappa shape index (κ1) is 11.4. The van der Waals surface area contributed by atoms with Crippen molar-refractivity contribution >= 4 is 23.1 Å². The van der Waals surface area contributed by atoms with Crippen LogP contribution < -0.4 is 5.32 Å². The average molecular weight is 248 g/mol. The largest absolute Gasteiger partial charge is 0.338 e. The SMILES string of the molecule is N#Cc1ccnc(Nc2cc(Cl)ccc2F)c1. The first-order valence-corrected chi connectivity index (χ1v) is 5.15. The van der Waals surface area contributed by atoms with Crippen molar-refractivity contribution in [2.75, 3.05) is 5.32 Å². The molecule has 0 unspecified atom stereocenters. The van der Waals surface area contributed by atoms with Gasteiger partial charge in [0.1, 0.15) is 11.6 Å². The minimum absolute atomic E-state index is 0.222. The van der Waals surface area contributed by atoms with Gasteiger partial charge in [-0.15, -0.1) is 0 Å². The van der Waals surface area contributed by atoms with Crippen molar-refractivity contribution in [1.82, 2.24) is 4.98 Å². The zero-order chi connectivity index (χ0) is 12.3. The van der Waals surface area contributed by atoms with E-state index in [1.54, 1.807) is 6.07 Å². The molecule has 0 spiro atoms. The highest BCUT2D eigenvalue weighted by Crippen LogP contribution is 2.22. The van der Waals surface area contributed by atoms with Crippen LogP contribution >= 0.6 is 11.6 Å².